The second-order valence-electron chi connectivity index (χ2n) is 5.76. The molecule has 0 aliphatic heterocycles. The smallest absolute Gasteiger partial charge is 0.422 e. The topological polar surface area (TPSA) is 58.6 Å². The number of amides is 2. The number of carbonyl (C=O) groups excluding carboxylic acids is 2. The third kappa shape index (κ3) is 5.99. The van der Waals surface area contributed by atoms with E-state index in [1.165, 1.54) is 11.3 Å². The normalized spacial score (nSPS) is 10.5. The molecule has 1 aromatic heterocycles. The third-order valence-corrected chi connectivity index (χ3v) is 4.59. The summed E-state index contributed by atoms with van der Waals surface area (Å²) in [7, 11) is 0. The zero-order valence-corrected chi connectivity index (χ0v) is 15.5. The number of hydrogen-bond donors (Lipinski definition) is 1. The predicted octanol–water partition coefficient (Wildman–Crippen LogP) is 4.12. The second-order valence-corrected chi connectivity index (χ2v) is 6.65. The maximum atomic E-state index is 12.5. The van der Waals surface area contributed by atoms with Crippen molar-refractivity contribution >= 4 is 28.3 Å². The highest BCUT2D eigenvalue weighted by Crippen LogP contribution is 2.25. The lowest BCUT2D eigenvalue weighted by Crippen LogP contribution is -2.42. The summed E-state index contributed by atoms with van der Waals surface area (Å²) >= 11 is 1.36. The Morgan fingerprint density at radius 3 is 2.64 bits per heavy atom. The Hall–Kier alpha value is -2.18. The van der Waals surface area contributed by atoms with E-state index in [0.717, 1.165) is 35.4 Å². The number of anilines is 1. The Kier molecular flexibility index (Phi) is 7.63. The zero-order chi connectivity index (χ0) is 18.1. The van der Waals surface area contributed by atoms with E-state index in [1.807, 2.05) is 48.7 Å². The van der Waals surface area contributed by atoms with E-state index in [-0.39, 0.29) is 19.1 Å². The SMILES string of the molecule is CCCCNCC(=O)N(C(=O)OCc1ccccc1)c1cc(C)cs1. The lowest BCUT2D eigenvalue weighted by Gasteiger charge is -2.19. The number of nitrogens with one attached hydrogen (secondary N) is 1. The molecule has 0 spiro atoms. The molecule has 1 N–H and O–H groups in total. The fraction of sp³-hybridized carbons (Fsp3) is 0.368. The van der Waals surface area contributed by atoms with Crippen LogP contribution in [0.5, 0.6) is 0 Å². The van der Waals surface area contributed by atoms with Crippen molar-refractivity contribution in [2.75, 3.05) is 18.0 Å². The molecule has 134 valence electrons. The van der Waals surface area contributed by atoms with Crippen LogP contribution in [0.2, 0.25) is 0 Å². The van der Waals surface area contributed by atoms with Gasteiger partial charge in [-0.2, -0.15) is 0 Å². The standard InChI is InChI=1S/C19H24N2O3S/c1-3-4-10-20-12-17(22)21(18-11-15(2)14-25-18)19(23)24-13-16-8-6-5-7-9-16/h5-9,11,14,20H,3-4,10,12-13H2,1-2H3. The molecule has 0 aliphatic carbocycles. The van der Waals surface area contributed by atoms with Gasteiger partial charge in [0.1, 0.15) is 11.6 Å². The summed E-state index contributed by atoms with van der Waals surface area (Å²) in [5.41, 5.74) is 1.89. The van der Waals surface area contributed by atoms with Gasteiger partial charge >= 0.3 is 6.09 Å². The lowest BCUT2D eigenvalue weighted by molar-refractivity contribution is -0.117. The summed E-state index contributed by atoms with van der Waals surface area (Å²) in [6, 6.07) is 11.2. The molecular weight excluding hydrogens is 336 g/mol. The number of hydrogen-bond acceptors (Lipinski definition) is 5. The maximum absolute atomic E-state index is 12.5. The van der Waals surface area contributed by atoms with E-state index in [4.69, 9.17) is 4.74 Å². The number of unbranched alkanes of at least 4 members (excludes halogenated alkanes) is 1. The van der Waals surface area contributed by atoms with E-state index in [1.54, 1.807) is 0 Å². The first-order chi connectivity index (χ1) is 12.1. The van der Waals surface area contributed by atoms with Gasteiger partial charge in [-0.1, -0.05) is 43.7 Å². The highest BCUT2D eigenvalue weighted by Gasteiger charge is 2.26. The molecular formula is C19H24N2O3S. The minimum atomic E-state index is -0.645. The summed E-state index contributed by atoms with van der Waals surface area (Å²) in [6.07, 6.45) is 1.39. The molecule has 2 aromatic rings. The van der Waals surface area contributed by atoms with Crippen molar-refractivity contribution in [2.24, 2.45) is 0 Å². The first-order valence-corrected chi connectivity index (χ1v) is 9.29. The molecule has 2 rings (SSSR count). The number of carbonyl (C=O) groups is 2. The third-order valence-electron chi connectivity index (χ3n) is 3.56. The van der Waals surface area contributed by atoms with Crippen molar-refractivity contribution in [1.29, 1.82) is 0 Å². The average Bonchev–Trinajstić information content (AvgIpc) is 3.04. The first-order valence-electron chi connectivity index (χ1n) is 8.41. The number of nitrogens with zero attached hydrogens (tertiary/aromatic N) is 1. The monoisotopic (exact) mass is 360 g/mol. The molecule has 6 heteroatoms. The number of imide groups is 1. The fourth-order valence-electron chi connectivity index (χ4n) is 2.21. The minimum Gasteiger partial charge on any atom is -0.444 e. The highest BCUT2D eigenvalue weighted by molar-refractivity contribution is 7.14. The van der Waals surface area contributed by atoms with Gasteiger partial charge in [0.2, 0.25) is 0 Å². The van der Waals surface area contributed by atoms with Crippen LogP contribution in [-0.2, 0) is 16.1 Å². The molecule has 0 atom stereocenters. The van der Waals surface area contributed by atoms with E-state index < -0.39 is 6.09 Å². The lowest BCUT2D eigenvalue weighted by atomic mass is 10.2. The molecule has 0 aliphatic rings. The van der Waals surface area contributed by atoms with Crippen molar-refractivity contribution in [1.82, 2.24) is 5.32 Å². The molecule has 0 fully saturated rings. The van der Waals surface area contributed by atoms with E-state index >= 15 is 0 Å². The van der Waals surface area contributed by atoms with Crippen LogP contribution >= 0.6 is 11.3 Å². The Labute approximate surface area is 152 Å². The second kappa shape index (κ2) is 9.96. The fourth-order valence-corrected chi connectivity index (χ4v) is 3.12. The van der Waals surface area contributed by atoms with Gasteiger partial charge in [-0.15, -0.1) is 11.3 Å². The Morgan fingerprint density at radius 1 is 1.24 bits per heavy atom. The summed E-state index contributed by atoms with van der Waals surface area (Å²) in [6.45, 7) is 5.01. The molecule has 1 aromatic carbocycles. The predicted molar refractivity (Wildman–Crippen MR) is 101 cm³/mol. The van der Waals surface area contributed by atoms with Gasteiger partial charge in [0.15, 0.2) is 0 Å². The van der Waals surface area contributed by atoms with Crippen molar-refractivity contribution < 1.29 is 14.3 Å². The number of ether oxygens (including phenoxy) is 1. The number of thiophene rings is 1. The van der Waals surface area contributed by atoms with Crippen LogP contribution in [0.15, 0.2) is 41.8 Å². The number of aryl methyl sites for hydroxylation is 1. The van der Waals surface area contributed by atoms with Crippen LogP contribution in [0.3, 0.4) is 0 Å². The van der Waals surface area contributed by atoms with Crippen molar-refractivity contribution in [3.05, 3.63) is 52.9 Å². The van der Waals surface area contributed by atoms with Gasteiger partial charge in [-0.25, -0.2) is 9.69 Å². The summed E-state index contributed by atoms with van der Waals surface area (Å²) in [5, 5.41) is 5.57. The summed E-state index contributed by atoms with van der Waals surface area (Å²) in [5.74, 6) is -0.309. The largest absolute Gasteiger partial charge is 0.444 e. The molecule has 1 heterocycles. The molecule has 0 saturated heterocycles. The molecule has 5 nitrogen and oxygen atoms in total. The van der Waals surface area contributed by atoms with Gasteiger partial charge in [0.05, 0.1) is 6.54 Å². The molecule has 0 unspecified atom stereocenters. The van der Waals surface area contributed by atoms with Crippen LogP contribution in [0.4, 0.5) is 9.80 Å². The Balaban J connectivity index is 2.03. The van der Waals surface area contributed by atoms with Crippen LogP contribution < -0.4 is 10.2 Å². The van der Waals surface area contributed by atoms with Gasteiger partial charge < -0.3 is 10.1 Å². The van der Waals surface area contributed by atoms with Gasteiger partial charge in [-0.3, -0.25) is 4.79 Å². The van der Waals surface area contributed by atoms with Gasteiger partial charge in [0.25, 0.3) is 5.91 Å². The molecule has 0 saturated carbocycles. The van der Waals surface area contributed by atoms with Crippen molar-refractivity contribution in [3.8, 4) is 0 Å². The minimum absolute atomic E-state index is 0.109. The average molecular weight is 360 g/mol. The summed E-state index contributed by atoms with van der Waals surface area (Å²) < 4.78 is 5.35. The molecule has 25 heavy (non-hydrogen) atoms. The zero-order valence-electron chi connectivity index (χ0n) is 14.7. The maximum Gasteiger partial charge on any atom is 0.422 e. The van der Waals surface area contributed by atoms with Gasteiger partial charge in [-0.05, 0) is 42.5 Å². The first kappa shape index (κ1) is 19.1. The van der Waals surface area contributed by atoms with Crippen molar-refractivity contribution in [2.45, 2.75) is 33.3 Å². The van der Waals surface area contributed by atoms with E-state index in [2.05, 4.69) is 12.2 Å². The van der Waals surface area contributed by atoms with Crippen LogP contribution in [0.25, 0.3) is 0 Å². The highest BCUT2D eigenvalue weighted by atomic mass is 32.1. The summed E-state index contributed by atoms with van der Waals surface area (Å²) in [4.78, 5) is 26.2. The Bertz CT molecular complexity index is 685. The Morgan fingerprint density at radius 2 is 2.00 bits per heavy atom. The van der Waals surface area contributed by atoms with E-state index in [9.17, 15) is 9.59 Å². The van der Waals surface area contributed by atoms with Gasteiger partial charge in [0, 0.05) is 0 Å². The van der Waals surface area contributed by atoms with Crippen LogP contribution in [0, 0.1) is 6.92 Å². The molecule has 0 radical (unpaired) electrons. The molecule has 2 amide bonds. The number of rotatable bonds is 8. The quantitative estimate of drug-likeness (QED) is 0.720. The van der Waals surface area contributed by atoms with Crippen LogP contribution in [0.1, 0.15) is 30.9 Å². The number of benzene rings is 1. The van der Waals surface area contributed by atoms with Crippen LogP contribution in [-0.4, -0.2) is 25.1 Å². The molecule has 0 bridgehead atoms. The van der Waals surface area contributed by atoms with E-state index in [0.29, 0.717) is 5.00 Å². The van der Waals surface area contributed by atoms with Crippen molar-refractivity contribution in [3.63, 3.8) is 0 Å².